The van der Waals surface area contributed by atoms with Gasteiger partial charge in [0.25, 0.3) is 0 Å². The normalized spacial score (nSPS) is 32.5. The zero-order chi connectivity index (χ0) is 11.9. The molecule has 0 amide bonds. The van der Waals surface area contributed by atoms with Crippen molar-refractivity contribution in [2.24, 2.45) is 5.92 Å². The van der Waals surface area contributed by atoms with Crippen molar-refractivity contribution in [1.82, 2.24) is 0 Å². The molecule has 2 atom stereocenters. The molecule has 0 aliphatic heterocycles. The van der Waals surface area contributed by atoms with Crippen LogP contribution < -0.4 is 0 Å². The number of halogens is 2. The number of hydrogen-bond donors (Lipinski definition) is 0. The summed E-state index contributed by atoms with van der Waals surface area (Å²) < 4.78 is 0. The quantitative estimate of drug-likeness (QED) is 0.622. The first-order chi connectivity index (χ1) is 8.22. The highest BCUT2D eigenvalue weighted by molar-refractivity contribution is 6.42. The minimum absolute atomic E-state index is 0.423. The molecule has 0 unspecified atom stereocenters. The summed E-state index contributed by atoms with van der Waals surface area (Å²) in [6.07, 6.45) is 9.65. The van der Waals surface area contributed by atoms with E-state index in [-0.39, 0.29) is 0 Å². The monoisotopic (exact) mass is 268 g/mol. The Morgan fingerprint density at radius 3 is 2.53 bits per heavy atom. The van der Waals surface area contributed by atoms with Gasteiger partial charge >= 0.3 is 0 Å². The van der Waals surface area contributed by atoms with Crippen LogP contribution in [-0.2, 0) is 5.41 Å². The van der Waals surface area contributed by atoms with E-state index in [1.807, 2.05) is 6.07 Å². The van der Waals surface area contributed by atoms with Gasteiger partial charge in [-0.3, -0.25) is 0 Å². The summed E-state index contributed by atoms with van der Waals surface area (Å²) in [5, 5.41) is 1.40. The maximum Gasteiger partial charge on any atom is 0.0595 e. The highest BCUT2D eigenvalue weighted by Gasteiger charge is 2.45. The van der Waals surface area contributed by atoms with Gasteiger partial charge < -0.3 is 0 Å². The second kappa shape index (κ2) is 4.48. The van der Waals surface area contributed by atoms with Crippen LogP contribution in [0.25, 0.3) is 0 Å². The first-order valence-electron chi connectivity index (χ1n) is 6.68. The number of benzene rings is 1. The lowest BCUT2D eigenvalue weighted by molar-refractivity contribution is 0.221. The molecule has 92 valence electrons. The van der Waals surface area contributed by atoms with Crippen LogP contribution in [0.3, 0.4) is 0 Å². The van der Waals surface area contributed by atoms with Crippen molar-refractivity contribution >= 4 is 23.2 Å². The molecule has 2 aliphatic carbocycles. The standard InChI is InChI=1S/C15H18Cl2/c16-13-7-6-12(10-14(13)17)15-8-2-1-4-11(15)5-3-9-15/h6-7,10-11H,1-5,8-9H2/t11-,15-/m0/s1. The van der Waals surface area contributed by atoms with E-state index < -0.39 is 0 Å². The van der Waals surface area contributed by atoms with Crippen LogP contribution in [0.15, 0.2) is 18.2 Å². The van der Waals surface area contributed by atoms with E-state index in [1.54, 1.807) is 0 Å². The molecule has 0 spiro atoms. The third-order valence-electron chi connectivity index (χ3n) is 4.88. The lowest BCUT2D eigenvalue weighted by atomic mass is 9.64. The van der Waals surface area contributed by atoms with Crippen molar-refractivity contribution in [3.8, 4) is 0 Å². The molecule has 1 aromatic carbocycles. The van der Waals surface area contributed by atoms with Crippen molar-refractivity contribution in [1.29, 1.82) is 0 Å². The Kier molecular flexibility index (Phi) is 3.13. The zero-order valence-electron chi connectivity index (χ0n) is 10.0. The van der Waals surface area contributed by atoms with Gasteiger partial charge in [0.15, 0.2) is 0 Å². The Morgan fingerprint density at radius 1 is 0.941 bits per heavy atom. The second-order valence-electron chi connectivity index (χ2n) is 5.62. The summed E-state index contributed by atoms with van der Waals surface area (Å²) in [5.74, 6) is 0.883. The van der Waals surface area contributed by atoms with E-state index in [0.29, 0.717) is 10.4 Å². The maximum atomic E-state index is 6.19. The minimum atomic E-state index is 0.423. The van der Waals surface area contributed by atoms with E-state index in [4.69, 9.17) is 23.2 Å². The lowest BCUT2D eigenvalue weighted by Gasteiger charge is -2.40. The van der Waals surface area contributed by atoms with Gasteiger partial charge in [-0.15, -0.1) is 0 Å². The zero-order valence-corrected chi connectivity index (χ0v) is 11.5. The average molecular weight is 269 g/mol. The fraction of sp³-hybridized carbons (Fsp3) is 0.600. The van der Waals surface area contributed by atoms with Crippen molar-refractivity contribution in [2.45, 2.75) is 50.4 Å². The number of hydrogen-bond acceptors (Lipinski definition) is 0. The number of rotatable bonds is 1. The van der Waals surface area contributed by atoms with E-state index in [0.717, 1.165) is 10.9 Å². The van der Waals surface area contributed by atoms with Gasteiger partial charge in [0.1, 0.15) is 0 Å². The Morgan fingerprint density at radius 2 is 1.71 bits per heavy atom. The molecule has 3 rings (SSSR count). The number of fused-ring (bicyclic) bond motifs is 1. The summed E-state index contributed by atoms with van der Waals surface area (Å²) in [5.41, 5.74) is 1.86. The third kappa shape index (κ3) is 1.90. The van der Waals surface area contributed by atoms with Crippen LogP contribution in [-0.4, -0.2) is 0 Å². The van der Waals surface area contributed by atoms with Crippen LogP contribution in [0.4, 0.5) is 0 Å². The summed E-state index contributed by atoms with van der Waals surface area (Å²) in [4.78, 5) is 0. The molecule has 0 N–H and O–H groups in total. The van der Waals surface area contributed by atoms with Crippen LogP contribution in [0, 0.1) is 5.92 Å². The average Bonchev–Trinajstić information content (AvgIpc) is 2.77. The van der Waals surface area contributed by atoms with Gasteiger partial charge in [-0.1, -0.05) is 48.5 Å². The minimum Gasteiger partial charge on any atom is -0.0827 e. The molecule has 2 saturated carbocycles. The first-order valence-corrected chi connectivity index (χ1v) is 7.43. The SMILES string of the molecule is Clc1ccc([C@]23CCCC[C@H]2CCC3)cc1Cl. The molecule has 1 aromatic rings. The fourth-order valence-corrected chi connectivity index (χ4v) is 4.35. The molecular weight excluding hydrogens is 251 g/mol. The Hall–Kier alpha value is -0.200. The molecule has 0 bridgehead atoms. The Balaban J connectivity index is 2.02. The molecule has 0 aromatic heterocycles. The summed E-state index contributed by atoms with van der Waals surface area (Å²) in [6, 6.07) is 6.29. The van der Waals surface area contributed by atoms with Gasteiger partial charge in [0.2, 0.25) is 0 Å². The van der Waals surface area contributed by atoms with Crippen LogP contribution in [0.5, 0.6) is 0 Å². The van der Waals surface area contributed by atoms with Gasteiger partial charge in [-0.2, -0.15) is 0 Å². The molecular formula is C15H18Cl2. The topological polar surface area (TPSA) is 0 Å². The van der Waals surface area contributed by atoms with Gasteiger partial charge in [0.05, 0.1) is 10.0 Å². The van der Waals surface area contributed by atoms with Crippen LogP contribution in [0.1, 0.15) is 50.5 Å². The summed E-state index contributed by atoms with van der Waals surface area (Å²) >= 11 is 12.2. The highest BCUT2D eigenvalue weighted by atomic mass is 35.5. The second-order valence-corrected chi connectivity index (χ2v) is 6.43. The van der Waals surface area contributed by atoms with Crippen molar-refractivity contribution in [2.75, 3.05) is 0 Å². The molecule has 0 saturated heterocycles. The van der Waals surface area contributed by atoms with E-state index in [9.17, 15) is 0 Å². The first kappa shape index (κ1) is 11.9. The molecule has 0 heterocycles. The van der Waals surface area contributed by atoms with Gasteiger partial charge in [0, 0.05) is 0 Å². The van der Waals surface area contributed by atoms with E-state index >= 15 is 0 Å². The van der Waals surface area contributed by atoms with E-state index in [2.05, 4.69) is 12.1 Å². The predicted octanol–water partition coefficient (Wildman–Crippen LogP) is 5.61. The molecule has 0 nitrogen and oxygen atoms in total. The molecule has 2 aliphatic rings. The largest absolute Gasteiger partial charge is 0.0827 e. The summed E-state index contributed by atoms with van der Waals surface area (Å²) in [6.45, 7) is 0. The Bertz CT molecular complexity index is 427. The van der Waals surface area contributed by atoms with Gasteiger partial charge in [-0.25, -0.2) is 0 Å². The maximum absolute atomic E-state index is 6.19. The fourth-order valence-electron chi connectivity index (χ4n) is 4.06. The van der Waals surface area contributed by atoms with Crippen molar-refractivity contribution < 1.29 is 0 Å². The van der Waals surface area contributed by atoms with E-state index in [1.165, 1.54) is 50.5 Å². The van der Waals surface area contributed by atoms with Crippen molar-refractivity contribution in [3.63, 3.8) is 0 Å². The third-order valence-corrected chi connectivity index (χ3v) is 5.62. The molecule has 17 heavy (non-hydrogen) atoms. The summed E-state index contributed by atoms with van der Waals surface area (Å²) in [7, 11) is 0. The molecule has 2 heteroatoms. The molecule has 0 radical (unpaired) electrons. The Labute approximate surface area is 113 Å². The highest BCUT2D eigenvalue weighted by Crippen LogP contribution is 2.54. The van der Waals surface area contributed by atoms with Gasteiger partial charge in [-0.05, 0) is 54.7 Å². The van der Waals surface area contributed by atoms with Crippen molar-refractivity contribution in [3.05, 3.63) is 33.8 Å². The lowest BCUT2D eigenvalue weighted by Crippen LogP contribution is -2.33. The molecule has 2 fully saturated rings. The van der Waals surface area contributed by atoms with Crippen LogP contribution >= 0.6 is 23.2 Å². The smallest absolute Gasteiger partial charge is 0.0595 e. The van der Waals surface area contributed by atoms with Crippen LogP contribution in [0.2, 0.25) is 10.0 Å². The predicted molar refractivity (Wildman–Crippen MR) is 73.9 cm³/mol.